The Morgan fingerprint density at radius 2 is 1.72 bits per heavy atom. The predicted octanol–water partition coefficient (Wildman–Crippen LogP) is 4.08. The Kier molecular flexibility index (Phi) is 8.90. The molecule has 1 aromatic rings. The maximum atomic E-state index is 12.2. The highest BCUT2D eigenvalue weighted by molar-refractivity contribution is 7.93. The number of anilines is 1. The summed E-state index contributed by atoms with van der Waals surface area (Å²) in [4.78, 5) is 25.2. The van der Waals surface area contributed by atoms with Crippen LogP contribution in [0.5, 0.6) is 5.75 Å². The van der Waals surface area contributed by atoms with E-state index in [1.165, 1.54) is 12.1 Å². The summed E-state index contributed by atoms with van der Waals surface area (Å²) in [5.74, 6) is -1.47. The number of piperidine rings is 1. The normalized spacial score (nSPS) is 15.2. The van der Waals surface area contributed by atoms with E-state index >= 15 is 0 Å². The summed E-state index contributed by atoms with van der Waals surface area (Å²) in [6.45, 7) is 8.01. The summed E-state index contributed by atoms with van der Waals surface area (Å²) in [7, 11) is -3.99. The van der Waals surface area contributed by atoms with Crippen LogP contribution >= 0.6 is 23.2 Å². The number of benzene rings is 1. The van der Waals surface area contributed by atoms with E-state index in [2.05, 4.69) is 9.46 Å². The molecule has 1 heterocycles. The van der Waals surface area contributed by atoms with Crippen molar-refractivity contribution in [3.8, 4) is 5.75 Å². The van der Waals surface area contributed by atoms with Crippen LogP contribution in [0.1, 0.15) is 40.5 Å². The van der Waals surface area contributed by atoms with Gasteiger partial charge in [0.25, 0.3) is 0 Å². The quantitative estimate of drug-likeness (QED) is 0.550. The molecule has 1 saturated heterocycles. The Labute approximate surface area is 198 Å². The Hall–Kier alpha value is -1.91. The average molecular weight is 511 g/mol. The second-order valence-corrected chi connectivity index (χ2v) is 10.8. The highest BCUT2D eigenvalue weighted by atomic mass is 35.5. The molecule has 1 aliphatic rings. The molecule has 0 saturated carbocycles. The van der Waals surface area contributed by atoms with Crippen molar-refractivity contribution in [2.75, 3.05) is 30.2 Å². The van der Waals surface area contributed by atoms with Crippen LogP contribution in [0.2, 0.25) is 10.0 Å². The minimum Gasteiger partial charge on any atom is -0.487 e. The molecule has 1 amide bonds. The van der Waals surface area contributed by atoms with Gasteiger partial charge in [-0.1, -0.05) is 23.2 Å². The Morgan fingerprint density at radius 1 is 1.16 bits per heavy atom. The van der Waals surface area contributed by atoms with E-state index < -0.39 is 27.3 Å². The number of nitrogens with zero attached hydrogens (tertiary/aromatic N) is 1. The van der Waals surface area contributed by atoms with E-state index in [4.69, 9.17) is 32.7 Å². The van der Waals surface area contributed by atoms with Gasteiger partial charge >= 0.3 is 12.1 Å². The number of amides is 1. The Balaban J connectivity index is 1.98. The van der Waals surface area contributed by atoms with Gasteiger partial charge in [0.05, 0.1) is 22.3 Å². The van der Waals surface area contributed by atoms with Crippen LogP contribution in [-0.2, 0) is 24.3 Å². The summed E-state index contributed by atoms with van der Waals surface area (Å²) in [5.41, 5.74) is -0.471. The van der Waals surface area contributed by atoms with Crippen LogP contribution in [0, 0.1) is 0 Å². The average Bonchev–Trinajstić information content (AvgIpc) is 2.63. The van der Waals surface area contributed by atoms with E-state index in [0.717, 1.165) is 0 Å². The third-order valence-corrected chi connectivity index (χ3v) is 5.99. The van der Waals surface area contributed by atoms with Gasteiger partial charge in [-0.25, -0.2) is 13.2 Å². The third kappa shape index (κ3) is 8.22. The summed E-state index contributed by atoms with van der Waals surface area (Å²) in [5, 5.41) is 0.224. The van der Waals surface area contributed by atoms with Gasteiger partial charge in [0, 0.05) is 25.9 Å². The lowest BCUT2D eigenvalue weighted by molar-refractivity contribution is -0.139. The van der Waals surface area contributed by atoms with E-state index in [1.807, 2.05) is 20.8 Å². The van der Waals surface area contributed by atoms with Gasteiger partial charge in [-0.15, -0.1) is 0 Å². The number of carbonyl (C=O) groups is 2. The molecule has 0 aliphatic carbocycles. The maximum Gasteiger partial charge on any atom is 0.410 e. The van der Waals surface area contributed by atoms with Crippen molar-refractivity contribution in [2.45, 2.75) is 52.2 Å². The number of carbonyl (C=O) groups excluding carboxylic acids is 2. The summed E-state index contributed by atoms with van der Waals surface area (Å²) >= 11 is 12.5. The molecule has 32 heavy (non-hydrogen) atoms. The molecular weight excluding hydrogens is 483 g/mol. The van der Waals surface area contributed by atoms with E-state index in [-0.39, 0.29) is 40.3 Å². The minimum absolute atomic E-state index is 0.0781. The fraction of sp³-hybridized carbons (Fsp3) is 0.600. The first kappa shape index (κ1) is 26.3. The third-order valence-electron chi connectivity index (χ3n) is 4.26. The number of likely N-dealkylation sites (tertiary alicyclic amines) is 1. The van der Waals surface area contributed by atoms with Crippen molar-refractivity contribution in [3.63, 3.8) is 0 Å². The minimum atomic E-state index is -3.99. The van der Waals surface area contributed by atoms with Gasteiger partial charge in [0.15, 0.2) is 11.5 Å². The molecule has 1 N–H and O–H groups in total. The van der Waals surface area contributed by atoms with Gasteiger partial charge < -0.3 is 19.1 Å². The molecule has 9 nitrogen and oxygen atoms in total. The van der Waals surface area contributed by atoms with Gasteiger partial charge in [-0.3, -0.25) is 9.52 Å². The summed E-state index contributed by atoms with van der Waals surface area (Å²) < 4.78 is 42.4. The smallest absolute Gasteiger partial charge is 0.410 e. The van der Waals surface area contributed by atoms with Crippen molar-refractivity contribution < 1.29 is 32.2 Å². The number of hydrogen-bond donors (Lipinski definition) is 1. The van der Waals surface area contributed by atoms with E-state index in [0.29, 0.717) is 25.9 Å². The number of hydrogen-bond acceptors (Lipinski definition) is 7. The molecule has 1 aromatic carbocycles. The zero-order valence-corrected chi connectivity index (χ0v) is 20.8. The number of esters is 1. The first-order chi connectivity index (χ1) is 14.8. The van der Waals surface area contributed by atoms with Crippen LogP contribution in [0.3, 0.4) is 0 Å². The molecule has 12 heteroatoms. The molecule has 0 radical (unpaired) electrons. The second kappa shape index (κ2) is 10.8. The molecule has 2 rings (SSSR count). The molecule has 0 unspecified atom stereocenters. The lowest BCUT2D eigenvalue weighted by atomic mass is 10.1. The van der Waals surface area contributed by atoms with Crippen molar-refractivity contribution in [1.29, 1.82) is 0 Å². The zero-order valence-electron chi connectivity index (χ0n) is 18.4. The van der Waals surface area contributed by atoms with Gasteiger partial charge in [0.1, 0.15) is 11.7 Å². The van der Waals surface area contributed by atoms with E-state index in [1.54, 1.807) is 11.8 Å². The highest BCUT2D eigenvalue weighted by Crippen LogP contribution is 2.38. The molecule has 1 fully saturated rings. The fourth-order valence-electron chi connectivity index (χ4n) is 2.95. The van der Waals surface area contributed by atoms with Crippen molar-refractivity contribution in [1.82, 2.24) is 4.90 Å². The number of halogens is 2. The maximum absolute atomic E-state index is 12.2. The number of nitrogens with one attached hydrogen (secondary N) is 1. The number of rotatable bonds is 7. The van der Waals surface area contributed by atoms with Crippen molar-refractivity contribution >= 4 is 51.0 Å². The molecule has 0 atom stereocenters. The van der Waals surface area contributed by atoms with Crippen LogP contribution in [-0.4, -0.2) is 62.5 Å². The highest BCUT2D eigenvalue weighted by Gasteiger charge is 2.28. The molecule has 0 spiro atoms. The SMILES string of the molecule is CCOC(=O)CS(=O)(=O)Nc1cc(Cl)c(OC2CCN(C(=O)OC(C)(C)C)CC2)c(Cl)c1. The van der Waals surface area contributed by atoms with Crippen LogP contribution in [0.4, 0.5) is 10.5 Å². The second-order valence-electron chi connectivity index (χ2n) is 8.22. The molecule has 1 aliphatic heterocycles. The number of sulfonamides is 1. The topological polar surface area (TPSA) is 111 Å². The van der Waals surface area contributed by atoms with Crippen LogP contribution in [0.25, 0.3) is 0 Å². The largest absolute Gasteiger partial charge is 0.487 e. The molecule has 0 aromatic heterocycles. The number of ether oxygens (including phenoxy) is 3. The van der Waals surface area contributed by atoms with Crippen molar-refractivity contribution in [3.05, 3.63) is 22.2 Å². The first-order valence-corrected chi connectivity index (χ1v) is 12.5. The van der Waals surface area contributed by atoms with E-state index in [9.17, 15) is 18.0 Å². The monoisotopic (exact) mass is 510 g/mol. The van der Waals surface area contributed by atoms with Crippen LogP contribution < -0.4 is 9.46 Å². The van der Waals surface area contributed by atoms with Gasteiger partial charge in [-0.2, -0.15) is 0 Å². The lowest BCUT2D eigenvalue weighted by Crippen LogP contribution is -2.44. The molecule has 0 bridgehead atoms. The molecular formula is C20H28Cl2N2O7S. The van der Waals surface area contributed by atoms with Gasteiger partial charge in [0.2, 0.25) is 10.0 Å². The van der Waals surface area contributed by atoms with Crippen LogP contribution in [0.15, 0.2) is 12.1 Å². The zero-order chi connectivity index (χ0) is 24.1. The van der Waals surface area contributed by atoms with Crippen molar-refractivity contribution in [2.24, 2.45) is 0 Å². The summed E-state index contributed by atoms with van der Waals surface area (Å²) in [6, 6.07) is 2.70. The Morgan fingerprint density at radius 3 is 2.22 bits per heavy atom. The lowest BCUT2D eigenvalue weighted by Gasteiger charge is -2.33. The molecule has 180 valence electrons. The summed E-state index contributed by atoms with van der Waals surface area (Å²) in [6.07, 6.45) is 0.515. The first-order valence-electron chi connectivity index (χ1n) is 10.1. The predicted molar refractivity (Wildman–Crippen MR) is 122 cm³/mol. The standard InChI is InChI=1S/C20H28Cl2N2O7S/c1-5-29-17(25)12-32(27,28)23-13-10-15(21)18(16(22)11-13)30-14-6-8-24(9-7-14)19(26)31-20(2,3)4/h10-11,14,23H,5-9,12H2,1-4H3. The van der Waals surface area contributed by atoms with Gasteiger partial charge in [-0.05, 0) is 39.8 Å². The Bertz CT molecular complexity index is 917. The fourth-order valence-corrected chi connectivity index (χ4v) is 4.47.